The number of fused-ring (bicyclic) bond motifs is 1. The molecule has 0 radical (unpaired) electrons. The van der Waals surface area contributed by atoms with Gasteiger partial charge in [-0.05, 0) is 43.9 Å². The van der Waals surface area contributed by atoms with Gasteiger partial charge in [-0.1, -0.05) is 11.6 Å². The van der Waals surface area contributed by atoms with Crippen LogP contribution >= 0.6 is 11.6 Å². The predicted octanol–water partition coefficient (Wildman–Crippen LogP) is 3.52. The SMILES string of the molecule is Oc1nc(-c2cc(Cl)ccc2F)nc2c1CCCC2. The molecule has 0 amide bonds. The molecule has 1 N–H and O–H groups in total. The van der Waals surface area contributed by atoms with Crippen LogP contribution < -0.4 is 0 Å². The Balaban J connectivity index is 2.15. The van der Waals surface area contributed by atoms with E-state index in [1.165, 1.54) is 18.2 Å². The van der Waals surface area contributed by atoms with Crippen LogP contribution in [0, 0.1) is 5.82 Å². The molecule has 3 nitrogen and oxygen atoms in total. The fourth-order valence-corrected chi connectivity index (χ4v) is 2.54. The van der Waals surface area contributed by atoms with E-state index in [4.69, 9.17) is 11.6 Å². The summed E-state index contributed by atoms with van der Waals surface area (Å²) in [4.78, 5) is 8.38. The Hall–Kier alpha value is -1.68. The van der Waals surface area contributed by atoms with Gasteiger partial charge in [0.15, 0.2) is 5.82 Å². The Labute approximate surface area is 115 Å². The molecule has 1 aliphatic rings. The minimum atomic E-state index is -0.445. The van der Waals surface area contributed by atoms with Crippen molar-refractivity contribution in [2.45, 2.75) is 25.7 Å². The first kappa shape index (κ1) is 12.4. The summed E-state index contributed by atoms with van der Waals surface area (Å²) >= 11 is 5.87. The number of benzene rings is 1. The van der Waals surface area contributed by atoms with E-state index >= 15 is 0 Å². The molecule has 1 aromatic carbocycles. The minimum absolute atomic E-state index is 0.0425. The number of halogens is 2. The summed E-state index contributed by atoms with van der Waals surface area (Å²) in [5, 5.41) is 10.4. The summed E-state index contributed by atoms with van der Waals surface area (Å²) in [6.45, 7) is 0. The third kappa shape index (κ3) is 2.28. The zero-order valence-corrected chi connectivity index (χ0v) is 10.9. The Kier molecular flexibility index (Phi) is 3.11. The molecule has 0 fully saturated rings. The standard InChI is InChI=1S/C14H12ClFN2O/c15-8-5-6-11(16)10(7-8)13-17-12-4-2-1-3-9(12)14(19)18-13/h5-7H,1-4H2,(H,17,18,19). The van der Waals surface area contributed by atoms with Crippen molar-refractivity contribution in [2.24, 2.45) is 0 Å². The lowest BCUT2D eigenvalue weighted by Crippen LogP contribution is -2.08. The van der Waals surface area contributed by atoms with Crippen LogP contribution in [0.5, 0.6) is 5.88 Å². The third-order valence-electron chi connectivity index (χ3n) is 3.33. The summed E-state index contributed by atoms with van der Waals surface area (Å²) in [6, 6.07) is 4.22. The molecule has 0 bridgehead atoms. The second kappa shape index (κ2) is 4.78. The van der Waals surface area contributed by atoms with Gasteiger partial charge in [-0.2, -0.15) is 4.98 Å². The molecule has 2 aromatic rings. The Morgan fingerprint density at radius 2 is 1.95 bits per heavy atom. The number of aromatic nitrogens is 2. The third-order valence-corrected chi connectivity index (χ3v) is 3.57. The van der Waals surface area contributed by atoms with Crippen molar-refractivity contribution < 1.29 is 9.50 Å². The van der Waals surface area contributed by atoms with Gasteiger partial charge < -0.3 is 5.11 Å². The van der Waals surface area contributed by atoms with Gasteiger partial charge in [0.25, 0.3) is 0 Å². The van der Waals surface area contributed by atoms with Crippen LogP contribution in [0.4, 0.5) is 4.39 Å². The van der Waals surface area contributed by atoms with Crippen LogP contribution in [-0.2, 0) is 12.8 Å². The average Bonchev–Trinajstić information content (AvgIpc) is 2.41. The molecule has 98 valence electrons. The van der Waals surface area contributed by atoms with Crippen molar-refractivity contribution >= 4 is 11.6 Å². The van der Waals surface area contributed by atoms with E-state index in [2.05, 4.69) is 9.97 Å². The lowest BCUT2D eigenvalue weighted by atomic mass is 9.96. The maximum Gasteiger partial charge on any atom is 0.217 e. The Bertz CT molecular complexity index is 646. The molecular weight excluding hydrogens is 267 g/mol. The zero-order valence-electron chi connectivity index (χ0n) is 10.2. The summed E-state index contributed by atoms with van der Waals surface area (Å²) in [5.41, 5.74) is 1.82. The van der Waals surface area contributed by atoms with Crippen molar-refractivity contribution in [3.8, 4) is 17.3 Å². The van der Waals surface area contributed by atoms with E-state index in [1.807, 2.05) is 0 Å². The van der Waals surface area contributed by atoms with Crippen molar-refractivity contribution in [2.75, 3.05) is 0 Å². The minimum Gasteiger partial charge on any atom is -0.493 e. The van der Waals surface area contributed by atoms with Crippen molar-refractivity contribution in [3.05, 3.63) is 40.3 Å². The van der Waals surface area contributed by atoms with Gasteiger partial charge in [0, 0.05) is 10.6 Å². The van der Waals surface area contributed by atoms with E-state index in [0.29, 0.717) is 5.02 Å². The first-order valence-electron chi connectivity index (χ1n) is 6.19. The molecule has 0 spiro atoms. The quantitative estimate of drug-likeness (QED) is 0.868. The molecule has 1 aliphatic carbocycles. The fraction of sp³-hybridized carbons (Fsp3) is 0.286. The van der Waals surface area contributed by atoms with Crippen LogP contribution in [-0.4, -0.2) is 15.1 Å². The number of aryl methyl sites for hydroxylation is 1. The van der Waals surface area contributed by atoms with Crippen LogP contribution in [0.2, 0.25) is 5.02 Å². The highest BCUT2D eigenvalue weighted by molar-refractivity contribution is 6.30. The molecular formula is C14H12ClFN2O. The molecule has 5 heteroatoms. The van der Waals surface area contributed by atoms with Crippen LogP contribution in [0.1, 0.15) is 24.1 Å². The lowest BCUT2D eigenvalue weighted by Gasteiger charge is -2.16. The summed E-state index contributed by atoms with van der Waals surface area (Å²) < 4.78 is 13.8. The first-order chi connectivity index (χ1) is 9.15. The normalized spacial score (nSPS) is 14.2. The predicted molar refractivity (Wildman–Crippen MR) is 70.7 cm³/mol. The molecule has 3 rings (SSSR count). The smallest absolute Gasteiger partial charge is 0.217 e. The maximum absolute atomic E-state index is 13.8. The molecule has 0 unspecified atom stereocenters. The van der Waals surface area contributed by atoms with Gasteiger partial charge >= 0.3 is 0 Å². The summed E-state index contributed by atoms with van der Waals surface area (Å²) in [5.74, 6) is -0.295. The van der Waals surface area contributed by atoms with Gasteiger partial charge in [-0.3, -0.25) is 0 Å². The maximum atomic E-state index is 13.8. The largest absolute Gasteiger partial charge is 0.493 e. The van der Waals surface area contributed by atoms with Crippen molar-refractivity contribution in [1.82, 2.24) is 9.97 Å². The number of aromatic hydroxyl groups is 1. The second-order valence-corrected chi connectivity index (χ2v) is 5.06. The van der Waals surface area contributed by atoms with E-state index in [1.54, 1.807) is 0 Å². The topological polar surface area (TPSA) is 46.0 Å². The Morgan fingerprint density at radius 3 is 2.79 bits per heavy atom. The van der Waals surface area contributed by atoms with Gasteiger partial charge in [0.1, 0.15) is 5.82 Å². The number of hydrogen-bond donors (Lipinski definition) is 1. The fourth-order valence-electron chi connectivity index (χ4n) is 2.36. The van der Waals surface area contributed by atoms with E-state index in [9.17, 15) is 9.50 Å². The highest BCUT2D eigenvalue weighted by Gasteiger charge is 2.19. The summed E-state index contributed by atoms with van der Waals surface area (Å²) in [7, 11) is 0. The number of hydrogen-bond acceptors (Lipinski definition) is 3. The van der Waals surface area contributed by atoms with Gasteiger partial charge in [0.05, 0.1) is 11.3 Å². The van der Waals surface area contributed by atoms with Gasteiger partial charge in [-0.15, -0.1) is 0 Å². The first-order valence-corrected chi connectivity index (χ1v) is 6.57. The highest BCUT2D eigenvalue weighted by atomic mass is 35.5. The molecule has 0 atom stereocenters. The average molecular weight is 279 g/mol. The summed E-state index contributed by atoms with van der Waals surface area (Å²) in [6.07, 6.45) is 3.62. The van der Waals surface area contributed by atoms with Crippen molar-refractivity contribution in [1.29, 1.82) is 0 Å². The number of nitrogens with zero attached hydrogens (tertiary/aromatic N) is 2. The molecule has 1 aromatic heterocycles. The molecule has 0 aliphatic heterocycles. The van der Waals surface area contributed by atoms with Crippen LogP contribution in [0.15, 0.2) is 18.2 Å². The van der Waals surface area contributed by atoms with Crippen LogP contribution in [0.3, 0.4) is 0 Å². The number of rotatable bonds is 1. The molecule has 1 heterocycles. The lowest BCUT2D eigenvalue weighted by molar-refractivity contribution is 0.437. The highest BCUT2D eigenvalue weighted by Crippen LogP contribution is 2.30. The van der Waals surface area contributed by atoms with Gasteiger partial charge in [0.2, 0.25) is 5.88 Å². The van der Waals surface area contributed by atoms with E-state index < -0.39 is 5.82 Å². The van der Waals surface area contributed by atoms with Crippen LogP contribution in [0.25, 0.3) is 11.4 Å². The molecule has 0 saturated carbocycles. The Morgan fingerprint density at radius 1 is 1.16 bits per heavy atom. The van der Waals surface area contributed by atoms with Crippen molar-refractivity contribution in [3.63, 3.8) is 0 Å². The monoisotopic (exact) mass is 278 g/mol. The zero-order chi connectivity index (χ0) is 13.4. The molecule has 0 saturated heterocycles. The molecule has 19 heavy (non-hydrogen) atoms. The van der Waals surface area contributed by atoms with Gasteiger partial charge in [-0.25, -0.2) is 9.37 Å². The second-order valence-electron chi connectivity index (χ2n) is 4.63. The van der Waals surface area contributed by atoms with E-state index in [0.717, 1.165) is 36.9 Å². The van der Waals surface area contributed by atoms with E-state index in [-0.39, 0.29) is 17.3 Å².